The summed E-state index contributed by atoms with van der Waals surface area (Å²) in [5.41, 5.74) is -0.865. The fourth-order valence-corrected chi connectivity index (χ4v) is 1.76. The second kappa shape index (κ2) is 6.73. The van der Waals surface area contributed by atoms with Gasteiger partial charge in [-0.05, 0) is 19.1 Å². The molecule has 0 bridgehead atoms. The summed E-state index contributed by atoms with van der Waals surface area (Å²) >= 11 is 0. The minimum Gasteiger partial charge on any atom is -0.449 e. The molecule has 3 amide bonds. The number of esters is 1. The van der Waals surface area contributed by atoms with E-state index in [-0.39, 0.29) is 5.56 Å². The van der Waals surface area contributed by atoms with Gasteiger partial charge in [-0.2, -0.15) is 0 Å². The van der Waals surface area contributed by atoms with Crippen LogP contribution in [-0.2, 0) is 9.53 Å². The van der Waals surface area contributed by atoms with Crippen LogP contribution in [0.4, 0.5) is 4.79 Å². The number of hydrogen-bond acceptors (Lipinski definition) is 6. The van der Waals surface area contributed by atoms with Crippen LogP contribution in [0.2, 0.25) is 0 Å². The molecule has 0 saturated heterocycles. The van der Waals surface area contributed by atoms with E-state index in [4.69, 9.17) is 9.15 Å². The maximum Gasteiger partial charge on any atom is 0.351 e. The molecule has 8 heteroatoms. The first-order valence-corrected chi connectivity index (χ1v) is 6.69. The summed E-state index contributed by atoms with van der Waals surface area (Å²) in [6.07, 6.45) is -1.26. The van der Waals surface area contributed by atoms with Crippen molar-refractivity contribution in [3.05, 3.63) is 46.3 Å². The minimum absolute atomic E-state index is 0.330. The highest BCUT2D eigenvalue weighted by Crippen LogP contribution is 2.13. The number of ether oxygens (including phenoxy) is 1. The van der Waals surface area contributed by atoms with E-state index in [1.165, 1.54) is 20.0 Å². The van der Waals surface area contributed by atoms with E-state index in [1.54, 1.807) is 24.3 Å². The number of imide groups is 1. The summed E-state index contributed by atoms with van der Waals surface area (Å²) in [6, 6.07) is 7.25. The van der Waals surface area contributed by atoms with Gasteiger partial charge < -0.3 is 14.5 Å². The first-order valence-electron chi connectivity index (χ1n) is 6.69. The molecular formula is C15H14N2O6. The van der Waals surface area contributed by atoms with Gasteiger partial charge in [-0.3, -0.25) is 10.1 Å². The van der Waals surface area contributed by atoms with Crippen molar-refractivity contribution in [2.45, 2.75) is 13.0 Å². The number of para-hydroxylation sites is 1. The molecule has 2 rings (SSSR count). The number of benzene rings is 1. The summed E-state index contributed by atoms with van der Waals surface area (Å²) in [7, 11) is 1.33. The van der Waals surface area contributed by atoms with Crippen molar-refractivity contribution in [3.8, 4) is 0 Å². The topological polar surface area (TPSA) is 115 Å². The van der Waals surface area contributed by atoms with E-state index in [9.17, 15) is 19.2 Å². The third-order valence-corrected chi connectivity index (χ3v) is 2.98. The fourth-order valence-electron chi connectivity index (χ4n) is 1.76. The van der Waals surface area contributed by atoms with Gasteiger partial charge in [0.15, 0.2) is 6.10 Å². The molecule has 2 N–H and O–H groups in total. The van der Waals surface area contributed by atoms with Gasteiger partial charge in [-0.25, -0.2) is 14.4 Å². The molecule has 23 heavy (non-hydrogen) atoms. The van der Waals surface area contributed by atoms with Crippen LogP contribution in [0.15, 0.2) is 39.5 Å². The predicted molar refractivity (Wildman–Crippen MR) is 80.0 cm³/mol. The molecular weight excluding hydrogens is 304 g/mol. The molecule has 1 aromatic heterocycles. The smallest absolute Gasteiger partial charge is 0.351 e. The molecule has 1 atom stereocenters. The molecule has 8 nitrogen and oxygen atoms in total. The predicted octanol–water partition coefficient (Wildman–Crippen LogP) is 0.794. The Morgan fingerprint density at radius 2 is 1.91 bits per heavy atom. The Morgan fingerprint density at radius 3 is 2.61 bits per heavy atom. The minimum atomic E-state index is -1.26. The van der Waals surface area contributed by atoms with Crippen molar-refractivity contribution < 1.29 is 23.5 Å². The average Bonchev–Trinajstić information content (AvgIpc) is 2.53. The lowest BCUT2D eigenvalue weighted by Crippen LogP contribution is -2.43. The highest BCUT2D eigenvalue weighted by molar-refractivity contribution is 5.99. The third-order valence-electron chi connectivity index (χ3n) is 2.98. The van der Waals surface area contributed by atoms with Gasteiger partial charge in [0.1, 0.15) is 11.1 Å². The first-order chi connectivity index (χ1) is 10.9. The van der Waals surface area contributed by atoms with E-state index in [2.05, 4.69) is 5.32 Å². The van der Waals surface area contributed by atoms with Crippen LogP contribution in [0.25, 0.3) is 11.0 Å². The van der Waals surface area contributed by atoms with Crippen LogP contribution in [-0.4, -0.2) is 31.1 Å². The number of fused-ring (bicyclic) bond motifs is 1. The second-order valence-corrected chi connectivity index (χ2v) is 4.60. The molecule has 120 valence electrons. The molecule has 0 saturated carbocycles. The lowest BCUT2D eigenvalue weighted by Gasteiger charge is -2.12. The van der Waals surface area contributed by atoms with Gasteiger partial charge in [-0.15, -0.1) is 0 Å². The number of carbonyl (C=O) groups excluding carboxylic acids is 3. The Bertz CT molecular complexity index is 826. The molecule has 0 spiro atoms. The Kier molecular flexibility index (Phi) is 4.75. The quantitative estimate of drug-likeness (QED) is 0.639. The van der Waals surface area contributed by atoms with Crippen molar-refractivity contribution in [1.82, 2.24) is 10.6 Å². The van der Waals surface area contributed by atoms with Gasteiger partial charge in [0.2, 0.25) is 0 Å². The Hall–Kier alpha value is -3.16. The number of carbonyl (C=O) groups is 3. The van der Waals surface area contributed by atoms with E-state index < -0.39 is 29.6 Å². The molecule has 0 fully saturated rings. The number of hydrogen-bond donors (Lipinski definition) is 2. The van der Waals surface area contributed by atoms with Crippen LogP contribution in [0.5, 0.6) is 0 Å². The van der Waals surface area contributed by atoms with Crippen LogP contribution in [0.1, 0.15) is 17.3 Å². The molecule has 1 aromatic carbocycles. The van der Waals surface area contributed by atoms with Crippen molar-refractivity contribution in [1.29, 1.82) is 0 Å². The van der Waals surface area contributed by atoms with Crippen molar-refractivity contribution in [2.24, 2.45) is 0 Å². The number of rotatable bonds is 3. The van der Waals surface area contributed by atoms with E-state index in [0.717, 1.165) is 0 Å². The largest absolute Gasteiger partial charge is 0.449 e. The van der Waals surface area contributed by atoms with Gasteiger partial charge >= 0.3 is 17.6 Å². The zero-order valence-electron chi connectivity index (χ0n) is 12.4. The third kappa shape index (κ3) is 3.73. The lowest BCUT2D eigenvalue weighted by molar-refractivity contribution is -0.127. The molecule has 1 heterocycles. The molecule has 0 unspecified atom stereocenters. The summed E-state index contributed by atoms with van der Waals surface area (Å²) < 4.78 is 9.90. The standard InChI is InChI=1S/C15H14N2O6/c1-8(12(18)17-15(21)16-2)22-13(19)10-7-9-5-3-4-6-11(9)23-14(10)20/h3-8H,1-2H3,(H2,16,17,18,21)/t8-/m1/s1. The SMILES string of the molecule is CNC(=O)NC(=O)[C@@H](C)OC(=O)c1cc2ccccc2oc1=O. The van der Waals surface area contributed by atoms with Gasteiger partial charge in [0.05, 0.1) is 0 Å². The zero-order valence-corrected chi connectivity index (χ0v) is 12.4. The molecule has 0 aliphatic carbocycles. The van der Waals surface area contributed by atoms with Crippen LogP contribution in [0, 0.1) is 0 Å². The van der Waals surface area contributed by atoms with Gasteiger partial charge in [0, 0.05) is 12.4 Å². The van der Waals surface area contributed by atoms with Crippen LogP contribution < -0.4 is 16.3 Å². The molecule has 0 radical (unpaired) electrons. The molecule has 0 aliphatic heterocycles. The molecule has 0 aliphatic rings. The Labute approximate surface area is 130 Å². The van der Waals surface area contributed by atoms with E-state index in [0.29, 0.717) is 11.0 Å². The van der Waals surface area contributed by atoms with Crippen molar-refractivity contribution in [2.75, 3.05) is 7.05 Å². The van der Waals surface area contributed by atoms with Crippen LogP contribution in [0.3, 0.4) is 0 Å². The Balaban J connectivity index is 2.17. The van der Waals surface area contributed by atoms with Crippen molar-refractivity contribution in [3.63, 3.8) is 0 Å². The highest BCUT2D eigenvalue weighted by Gasteiger charge is 2.23. The monoisotopic (exact) mass is 318 g/mol. The summed E-state index contributed by atoms with van der Waals surface area (Å²) in [4.78, 5) is 46.5. The molecule has 2 aromatic rings. The number of urea groups is 1. The first kappa shape index (κ1) is 16.2. The maximum atomic E-state index is 12.0. The lowest BCUT2D eigenvalue weighted by atomic mass is 10.2. The van der Waals surface area contributed by atoms with E-state index >= 15 is 0 Å². The maximum absolute atomic E-state index is 12.0. The average molecular weight is 318 g/mol. The number of amides is 3. The van der Waals surface area contributed by atoms with Crippen LogP contribution >= 0.6 is 0 Å². The number of nitrogens with one attached hydrogen (secondary N) is 2. The zero-order chi connectivity index (χ0) is 17.0. The van der Waals surface area contributed by atoms with Crippen molar-refractivity contribution >= 4 is 28.9 Å². The van der Waals surface area contributed by atoms with Gasteiger partial charge in [-0.1, -0.05) is 18.2 Å². The normalized spacial score (nSPS) is 11.6. The van der Waals surface area contributed by atoms with Gasteiger partial charge in [0.25, 0.3) is 5.91 Å². The highest BCUT2D eigenvalue weighted by atomic mass is 16.5. The second-order valence-electron chi connectivity index (χ2n) is 4.60. The fraction of sp³-hybridized carbons (Fsp3) is 0.200. The van der Waals surface area contributed by atoms with E-state index in [1.807, 2.05) is 5.32 Å². The summed E-state index contributed by atoms with van der Waals surface area (Å²) in [5.74, 6) is -1.83. The Morgan fingerprint density at radius 1 is 1.22 bits per heavy atom. The summed E-state index contributed by atoms with van der Waals surface area (Å²) in [6.45, 7) is 1.28. The summed E-state index contributed by atoms with van der Waals surface area (Å²) in [5, 5.41) is 4.69.